The Morgan fingerprint density at radius 3 is 2.64 bits per heavy atom. The maximum absolute atomic E-state index is 12.1. The van der Waals surface area contributed by atoms with E-state index in [1.165, 1.54) is 0 Å². The summed E-state index contributed by atoms with van der Waals surface area (Å²) in [7, 11) is 0. The van der Waals surface area contributed by atoms with Crippen molar-refractivity contribution in [1.82, 2.24) is 24.8 Å². The highest BCUT2D eigenvalue weighted by Gasteiger charge is 2.30. The van der Waals surface area contributed by atoms with Crippen molar-refractivity contribution in [3.63, 3.8) is 0 Å². The average Bonchev–Trinajstić information content (AvgIpc) is 3.10. The van der Waals surface area contributed by atoms with Gasteiger partial charge in [-0.25, -0.2) is 4.68 Å². The highest BCUT2D eigenvalue weighted by Crippen LogP contribution is 2.26. The number of aromatic nitrogens is 4. The molecule has 28 heavy (non-hydrogen) atoms. The van der Waals surface area contributed by atoms with Gasteiger partial charge in [0.1, 0.15) is 0 Å². The monoisotopic (exact) mass is 387 g/mol. The highest BCUT2D eigenvalue weighted by molar-refractivity contribution is 5.10. The second kappa shape index (κ2) is 7.75. The van der Waals surface area contributed by atoms with Crippen molar-refractivity contribution in [3.8, 4) is 0 Å². The molecular weight excluding hydrogens is 358 g/mol. The molecule has 2 aliphatic heterocycles. The van der Waals surface area contributed by atoms with E-state index in [0.29, 0.717) is 24.9 Å². The van der Waals surface area contributed by atoms with E-state index in [2.05, 4.69) is 40.9 Å². The fourth-order valence-corrected chi connectivity index (χ4v) is 3.79. The average molecular weight is 387 g/mol. The number of hydrogen-bond acceptors (Lipinski definition) is 7. The van der Waals surface area contributed by atoms with Crippen LogP contribution in [0.25, 0.3) is 0 Å². The minimum absolute atomic E-state index is 0.0364. The van der Waals surface area contributed by atoms with Gasteiger partial charge in [0.25, 0.3) is 5.56 Å². The zero-order chi connectivity index (χ0) is 19.7. The third-order valence-corrected chi connectivity index (χ3v) is 5.52. The number of rotatable bonds is 5. The van der Waals surface area contributed by atoms with Crippen LogP contribution in [0.4, 0.5) is 0 Å². The maximum Gasteiger partial charge on any atom is 0.266 e. The quantitative estimate of drug-likeness (QED) is 0.775. The molecule has 0 unspecified atom stereocenters. The Morgan fingerprint density at radius 1 is 1.18 bits per heavy atom. The maximum atomic E-state index is 12.1. The van der Waals surface area contributed by atoms with Crippen LogP contribution in [0.5, 0.6) is 0 Å². The van der Waals surface area contributed by atoms with Crippen molar-refractivity contribution < 1.29 is 9.26 Å². The Hall–Kier alpha value is -2.06. The fraction of sp³-hybridized carbons (Fsp3) is 0.700. The predicted octanol–water partition coefficient (Wildman–Crippen LogP) is 1.95. The first-order valence-corrected chi connectivity index (χ1v) is 10.1. The van der Waals surface area contributed by atoms with Gasteiger partial charge in [-0.15, -0.1) is 0 Å². The highest BCUT2D eigenvalue weighted by atomic mass is 16.5. The molecule has 152 valence electrons. The minimum atomic E-state index is -0.0676. The van der Waals surface area contributed by atoms with E-state index < -0.39 is 0 Å². The van der Waals surface area contributed by atoms with Crippen molar-refractivity contribution in [2.75, 3.05) is 26.3 Å². The Balaban J connectivity index is 1.30. The summed E-state index contributed by atoms with van der Waals surface area (Å²) in [5, 5.41) is 8.70. The molecule has 2 aromatic heterocycles. The van der Waals surface area contributed by atoms with E-state index >= 15 is 0 Å². The standard InChI is InChI=1S/C20H29N5O3/c1-20(2,3)16-4-5-18(26)25(22-16)12-14-10-24(11-14)13-17-21-19(28-23-17)15-6-8-27-9-7-15/h4-5,14-15H,6-13H2,1-3H3. The Bertz CT molecular complexity index is 857. The predicted molar refractivity (Wildman–Crippen MR) is 103 cm³/mol. The van der Waals surface area contributed by atoms with Gasteiger partial charge in [0.2, 0.25) is 5.89 Å². The summed E-state index contributed by atoms with van der Waals surface area (Å²) in [6.45, 7) is 11.0. The van der Waals surface area contributed by atoms with E-state index in [4.69, 9.17) is 9.26 Å². The molecule has 2 aliphatic rings. The van der Waals surface area contributed by atoms with Gasteiger partial charge >= 0.3 is 0 Å². The molecule has 0 N–H and O–H groups in total. The molecule has 0 radical (unpaired) electrons. The largest absolute Gasteiger partial charge is 0.381 e. The molecule has 0 atom stereocenters. The van der Waals surface area contributed by atoms with Gasteiger partial charge in [0.05, 0.1) is 18.8 Å². The summed E-state index contributed by atoms with van der Waals surface area (Å²) in [5.41, 5.74) is 0.837. The second-order valence-corrected chi connectivity index (χ2v) is 8.98. The van der Waals surface area contributed by atoms with Crippen LogP contribution < -0.4 is 5.56 Å². The van der Waals surface area contributed by atoms with Crippen LogP contribution in [0.15, 0.2) is 21.5 Å². The van der Waals surface area contributed by atoms with Crippen LogP contribution in [0.2, 0.25) is 0 Å². The topological polar surface area (TPSA) is 86.3 Å². The van der Waals surface area contributed by atoms with Crippen LogP contribution >= 0.6 is 0 Å². The van der Waals surface area contributed by atoms with Gasteiger partial charge in [-0.2, -0.15) is 10.1 Å². The molecular formula is C20H29N5O3. The van der Waals surface area contributed by atoms with Gasteiger partial charge in [0, 0.05) is 49.6 Å². The summed E-state index contributed by atoms with van der Waals surface area (Å²) >= 11 is 0. The molecule has 8 nitrogen and oxygen atoms in total. The fourth-order valence-electron chi connectivity index (χ4n) is 3.79. The molecule has 0 bridgehead atoms. The first kappa shape index (κ1) is 19.3. The van der Waals surface area contributed by atoms with E-state index in [9.17, 15) is 4.79 Å². The van der Waals surface area contributed by atoms with E-state index in [1.807, 2.05) is 6.07 Å². The summed E-state index contributed by atoms with van der Waals surface area (Å²) in [4.78, 5) is 19.0. The first-order chi connectivity index (χ1) is 13.4. The lowest BCUT2D eigenvalue weighted by atomic mass is 9.92. The van der Waals surface area contributed by atoms with Gasteiger partial charge in [-0.05, 0) is 18.9 Å². The molecule has 4 rings (SSSR count). The molecule has 2 aromatic rings. The summed E-state index contributed by atoms with van der Waals surface area (Å²) < 4.78 is 12.5. The lowest BCUT2D eigenvalue weighted by Crippen LogP contribution is -2.49. The van der Waals surface area contributed by atoms with Crippen LogP contribution in [-0.2, 0) is 23.2 Å². The Kier molecular flexibility index (Phi) is 5.33. The molecule has 0 spiro atoms. The lowest BCUT2D eigenvalue weighted by molar-refractivity contribution is 0.0729. The molecule has 2 saturated heterocycles. The van der Waals surface area contributed by atoms with E-state index in [1.54, 1.807) is 10.7 Å². The SMILES string of the molecule is CC(C)(C)c1ccc(=O)n(CC2CN(Cc3noc(C4CCOCC4)n3)C2)n1. The van der Waals surface area contributed by atoms with E-state index in [-0.39, 0.29) is 11.0 Å². The van der Waals surface area contributed by atoms with Crippen molar-refractivity contribution in [3.05, 3.63) is 39.9 Å². The van der Waals surface area contributed by atoms with E-state index in [0.717, 1.165) is 56.6 Å². The molecule has 8 heteroatoms. The zero-order valence-corrected chi connectivity index (χ0v) is 16.9. The number of ether oxygens (including phenoxy) is 1. The normalized spacial score (nSPS) is 19.7. The second-order valence-electron chi connectivity index (χ2n) is 8.98. The number of nitrogens with zero attached hydrogens (tertiary/aromatic N) is 5. The zero-order valence-electron chi connectivity index (χ0n) is 16.9. The molecule has 2 fully saturated rings. The number of hydrogen-bond donors (Lipinski definition) is 0. The van der Waals surface area contributed by atoms with Gasteiger partial charge < -0.3 is 9.26 Å². The van der Waals surface area contributed by atoms with Crippen molar-refractivity contribution in [2.24, 2.45) is 5.92 Å². The smallest absolute Gasteiger partial charge is 0.266 e. The summed E-state index contributed by atoms with van der Waals surface area (Å²) in [5.74, 6) is 2.23. The van der Waals surface area contributed by atoms with Crippen molar-refractivity contribution in [1.29, 1.82) is 0 Å². The lowest BCUT2D eigenvalue weighted by Gasteiger charge is -2.38. The Morgan fingerprint density at radius 2 is 1.93 bits per heavy atom. The van der Waals surface area contributed by atoms with Crippen LogP contribution in [0.1, 0.15) is 56.9 Å². The van der Waals surface area contributed by atoms with Gasteiger partial charge in [-0.3, -0.25) is 9.69 Å². The van der Waals surface area contributed by atoms with Gasteiger partial charge in [0.15, 0.2) is 5.82 Å². The molecule has 0 aliphatic carbocycles. The minimum Gasteiger partial charge on any atom is -0.381 e. The molecule has 0 aromatic carbocycles. The first-order valence-electron chi connectivity index (χ1n) is 10.1. The summed E-state index contributed by atoms with van der Waals surface area (Å²) in [6.07, 6.45) is 1.89. The van der Waals surface area contributed by atoms with Gasteiger partial charge in [-0.1, -0.05) is 25.9 Å². The Labute approximate surface area is 164 Å². The third kappa shape index (κ3) is 4.33. The third-order valence-electron chi connectivity index (χ3n) is 5.52. The molecule has 0 amide bonds. The number of likely N-dealkylation sites (tertiary alicyclic amines) is 1. The van der Waals surface area contributed by atoms with Crippen LogP contribution in [0.3, 0.4) is 0 Å². The molecule has 0 saturated carbocycles. The summed E-state index contributed by atoms with van der Waals surface area (Å²) in [6, 6.07) is 3.46. The molecule has 4 heterocycles. The van der Waals surface area contributed by atoms with Crippen molar-refractivity contribution in [2.45, 2.75) is 58.0 Å². The van der Waals surface area contributed by atoms with Crippen LogP contribution in [-0.4, -0.2) is 51.1 Å². The van der Waals surface area contributed by atoms with Crippen molar-refractivity contribution >= 4 is 0 Å². The van der Waals surface area contributed by atoms with Crippen LogP contribution in [0, 0.1) is 5.92 Å².